The van der Waals surface area contributed by atoms with Crippen LogP contribution >= 0.6 is 22.6 Å². The number of anilines is 1. The topological polar surface area (TPSA) is 56.7 Å². The van der Waals surface area contributed by atoms with Crippen LogP contribution in [0.25, 0.3) is 11.0 Å². The van der Waals surface area contributed by atoms with Crippen molar-refractivity contribution in [3.05, 3.63) is 16.0 Å². The molecule has 2 aromatic rings. The molecule has 2 rings (SSSR count). The number of hydrogen-bond donors (Lipinski definition) is 1. The van der Waals surface area contributed by atoms with Crippen LogP contribution in [0, 0.1) is 3.57 Å². The van der Waals surface area contributed by atoms with Crippen LogP contribution in [0.4, 0.5) is 5.95 Å². The minimum absolute atomic E-state index is 0.524. The first-order valence-corrected chi connectivity index (χ1v) is 4.49. The summed E-state index contributed by atoms with van der Waals surface area (Å²) in [6.07, 6.45) is 3.51. The fraction of sp³-hybridized carbons (Fsp3) is 0.143. The van der Waals surface area contributed by atoms with Gasteiger partial charge in [-0.2, -0.15) is 0 Å². The molecule has 2 heterocycles. The van der Waals surface area contributed by atoms with E-state index in [1.807, 2.05) is 11.6 Å². The standard InChI is InChI=1S/C7H7IN4/c1-12-6-4(8)2-10-3-5(6)11-7(12)9/h2-3H,1H3,(H2,9,11). The maximum atomic E-state index is 5.64. The molecule has 0 radical (unpaired) electrons. The maximum Gasteiger partial charge on any atom is 0.201 e. The number of halogens is 1. The van der Waals surface area contributed by atoms with Gasteiger partial charge >= 0.3 is 0 Å². The van der Waals surface area contributed by atoms with Crippen LogP contribution in [0.15, 0.2) is 12.4 Å². The molecule has 2 N–H and O–H groups in total. The molecule has 0 fully saturated rings. The number of rotatable bonds is 0. The summed E-state index contributed by atoms with van der Waals surface area (Å²) < 4.78 is 2.93. The lowest BCUT2D eigenvalue weighted by Gasteiger charge is -1.96. The minimum atomic E-state index is 0.524. The second-order valence-corrected chi connectivity index (χ2v) is 3.68. The van der Waals surface area contributed by atoms with Gasteiger partial charge in [-0.25, -0.2) is 4.98 Å². The van der Waals surface area contributed by atoms with Crippen LogP contribution in [-0.4, -0.2) is 14.5 Å². The monoisotopic (exact) mass is 274 g/mol. The molecule has 0 amide bonds. The Labute approximate surface area is 82.9 Å². The number of fused-ring (bicyclic) bond motifs is 1. The van der Waals surface area contributed by atoms with E-state index in [0.29, 0.717) is 5.95 Å². The second kappa shape index (κ2) is 2.58. The Kier molecular flexibility index (Phi) is 1.67. The highest BCUT2D eigenvalue weighted by molar-refractivity contribution is 14.1. The van der Waals surface area contributed by atoms with E-state index in [1.54, 1.807) is 12.4 Å². The van der Waals surface area contributed by atoms with Crippen molar-refractivity contribution in [3.8, 4) is 0 Å². The Morgan fingerprint density at radius 3 is 2.92 bits per heavy atom. The van der Waals surface area contributed by atoms with Crippen molar-refractivity contribution >= 4 is 39.6 Å². The van der Waals surface area contributed by atoms with Gasteiger partial charge in [0.2, 0.25) is 5.95 Å². The zero-order valence-electron chi connectivity index (χ0n) is 6.45. The molecular formula is C7H7IN4. The van der Waals surface area contributed by atoms with Crippen molar-refractivity contribution in [2.24, 2.45) is 7.05 Å². The van der Waals surface area contributed by atoms with Gasteiger partial charge in [-0.05, 0) is 22.6 Å². The number of hydrogen-bond acceptors (Lipinski definition) is 3. The van der Waals surface area contributed by atoms with Crippen LogP contribution in [0.3, 0.4) is 0 Å². The van der Waals surface area contributed by atoms with Crippen molar-refractivity contribution in [2.75, 3.05) is 5.73 Å². The molecule has 0 aliphatic heterocycles. The third-order valence-electron chi connectivity index (χ3n) is 1.77. The van der Waals surface area contributed by atoms with Gasteiger partial charge < -0.3 is 10.3 Å². The fourth-order valence-corrected chi connectivity index (χ4v) is 1.94. The average Bonchev–Trinajstić information content (AvgIpc) is 2.29. The molecule has 0 aliphatic carbocycles. The lowest BCUT2D eigenvalue weighted by Crippen LogP contribution is -1.97. The number of pyridine rings is 1. The molecule has 12 heavy (non-hydrogen) atoms. The summed E-state index contributed by atoms with van der Waals surface area (Å²) in [6, 6.07) is 0. The lowest BCUT2D eigenvalue weighted by atomic mass is 10.4. The molecule has 4 nitrogen and oxygen atoms in total. The van der Waals surface area contributed by atoms with Crippen LogP contribution in [0.2, 0.25) is 0 Å². The molecule has 0 saturated carbocycles. The molecule has 2 aromatic heterocycles. The molecule has 0 bridgehead atoms. The van der Waals surface area contributed by atoms with E-state index in [4.69, 9.17) is 5.73 Å². The summed E-state index contributed by atoms with van der Waals surface area (Å²) in [5.74, 6) is 0.524. The van der Waals surface area contributed by atoms with Crippen molar-refractivity contribution in [1.82, 2.24) is 14.5 Å². The Morgan fingerprint density at radius 2 is 2.25 bits per heavy atom. The summed E-state index contributed by atoms with van der Waals surface area (Å²) in [5, 5.41) is 0. The van der Waals surface area contributed by atoms with Gasteiger partial charge in [0.1, 0.15) is 5.52 Å². The number of nitrogen functional groups attached to an aromatic ring is 1. The van der Waals surface area contributed by atoms with Gasteiger partial charge in [0.05, 0.1) is 15.3 Å². The Bertz CT molecular complexity index is 434. The summed E-state index contributed by atoms with van der Waals surface area (Å²) >= 11 is 2.22. The second-order valence-electron chi connectivity index (χ2n) is 2.52. The van der Waals surface area contributed by atoms with Gasteiger partial charge in [0.25, 0.3) is 0 Å². The van der Waals surface area contributed by atoms with Crippen LogP contribution < -0.4 is 5.73 Å². The highest BCUT2D eigenvalue weighted by atomic mass is 127. The summed E-state index contributed by atoms with van der Waals surface area (Å²) in [6.45, 7) is 0. The SMILES string of the molecule is Cn1c(N)nc2cncc(I)c21. The van der Waals surface area contributed by atoms with Gasteiger partial charge in [0, 0.05) is 13.2 Å². The zero-order valence-corrected chi connectivity index (χ0v) is 8.61. The summed E-state index contributed by atoms with van der Waals surface area (Å²) in [4.78, 5) is 8.17. The Morgan fingerprint density at radius 1 is 1.50 bits per heavy atom. The number of nitrogens with two attached hydrogens (primary N) is 1. The quantitative estimate of drug-likeness (QED) is 0.733. The number of aryl methyl sites for hydroxylation is 1. The van der Waals surface area contributed by atoms with E-state index < -0.39 is 0 Å². The van der Waals surface area contributed by atoms with E-state index in [9.17, 15) is 0 Å². The highest BCUT2D eigenvalue weighted by Gasteiger charge is 2.06. The molecule has 5 heteroatoms. The third-order valence-corrected chi connectivity index (χ3v) is 2.56. The third kappa shape index (κ3) is 0.961. The molecule has 0 aliphatic rings. The van der Waals surface area contributed by atoms with Crippen molar-refractivity contribution in [1.29, 1.82) is 0 Å². The van der Waals surface area contributed by atoms with E-state index >= 15 is 0 Å². The van der Waals surface area contributed by atoms with Gasteiger partial charge in [0.15, 0.2) is 0 Å². The molecule has 62 valence electrons. The van der Waals surface area contributed by atoms with E-state index in [-0.39, 0.29) is 0 Å². The summed E-state index contributed by atoms with van der Waals surface area (Å²) in [5.41, 5.74) is 7.54. The van der Waals surface area contributed by atoms with Gasteiger partial charge in [-0.3, -0.25) is 4.98 Å². The van der Waals surface area contributed by atoms with Crippen LogP contribution in [0.1, 0.15) is 0 Å². The van der Waals surface area contributed by atoms with Crippen LogP contribution in [0.5, 0.6) is 0 Å². The number of imidazole rings is 1. The first-order valence-electron chi connectivity index (χ1n) is 3.41. The Hall–Kier alpha value is -0.850. The van der Waals surface area contributed by atoms with Gasteiger partial charge in [-0.1, -0.05) is 0 Å². The van der Waals surface area contributed by atoms with Gasteiger partial charge in [-0.15, -0.1) is 0 Å². The van der Waals surface area contributed by atoms with Crippen molar-refractivity contribution in [2.45, 2.75) is 0 Å². The molecular weight excluding hydrogens is 267 g/mol. The minimum Gasteiger partial charge on any atom is -0.369 e. The van der Waals surface area contributed by atoms with E-state index in [0.717, 1.165) is 14.6 Å². The van der Waals surface area contributed by atoms with E-state index in [1.165, 1.54) is 0 Å². The number of nitrogens with zero attached hydrogens (tertiary/aromatic N) is 3. The molecule has 0 saturated heterocycles. The average molecular weight is 274 g/mol. The smallest absolute Gasteiger partial charge is 0.201 e. The molecule has 0 unspecified atom stereocenters. The predicted molar refractivity (Wildman–Crippen MR) is 55.6 cm³/mol. The predicted octanol–water partition coefficient (Wildman–Crippen LogP) is 1.16. The molecule has 0 spiro atoms. The summed E-state index contributed by atoms with van der Waals surface area (Å²) in [7, 11) is 1.90. The van der Waals surface area contributed by atoms with E-state index in [2.05, 4.69) is 32.6 Å². The fourth-order valence-electron chi connectivity index (χ4n) is 1.14. The van der Waals surface area contributed by atoms with Crippen molar-refractivity contribution < 1.29 is 0 Å². The first-order chi connectivity index (χ1) is 5.70. The number of aromatic nitrogens is 3. The zero-order chi connectivity index (χ0) is 8.72. The largest absolute Gasteiger partial charge is 0.369 e. The highest BCUT2D eigenvalue weighted by Crippen LogP contribution is 2.20. The maximum absolute atomic E-state index is 5.64. The Balaban J connectivity index is 2.97. The normalized spacial score (nSPS) is 10.8. The molecule has 0 atom stereocenters. The lowest BCUT2D eigenvalue weighted by molar-refractivity contribution is 0.962. The first kappa shape index (κ1) is 7.78. The van der Waals surface area contributed by atoms with Crippen molar-refractivity contribution in [3.63, 3.8) is 0 Å². The van der Waals surface area contributed by atoms with Crippen LogP contribution in [-0.2, 0) is 7.05 Å². The molecule has 0 aromatic carbocycles.